The van der Waals surface area contributed by atoms with Crippen molar-refractivity contribution in [2.75, 3.05) is 13.1 Å². The average Bonchev–Trinajstić information content (AvgIpc) is 2.93. The summed E-state index contributed by atoms with van der Waals surface area (Å²) in [5.41, 5.74) is 1.03. The smallest absolute Gasteiger partial charge is 0.261 e. The van der Waals surface area contributed by atoms with Gasteiger partial charge in [-0.15, -0.1) is 0 Å². The molecule has 0 radical (unpaired) electrons. The van der Waals surface area contributed by atoms with E-state index in [0.29, 0.717) is 11.1 Å². The molecule has 2 aliphatic heterocycles. The van der Waals surface area contributed by atoms with Gasteiger partial charge in [-0.3, -0.25) is 19.3 Å². The van der Waals surface area contributed by atoms with Crippen molar-refractivity contribution in [3.8, 4) is 0 Å². The first-order chi connectivity index (χ1) is 12.2. The molecule has 2 fully saturated rings. The van der Waals surface area contributed by atoms with Crippen LogP contribution in [0.4, 0.5) is 0 Å². The number of imide groups is 1. The van der Waals surface area contributed by atoms with E-state index in [1.165, 1.54) is 11.3 Å². The predicted molar refractivity (Wildman–Crippen MR) is 93.1 cm³/mol. The minimum absolute atomic E-state index is 0.0598. The normalized spacial score (nSPS) is 26.7. The maximum absolute atomic E-state index is 12.7. The number of piperidine rings is 1. The molecule has 25 heavy (non-hydrogen) atoms. The van der Waals surface area contributed by atoms with Crippen LogP contribution in [0, 0.1) is 5.92 Å². The zero-order valence-electron chi connectivity index (χ0n) is 14.4. The molecular weight excluding hydrogens is 316 g/mol. The number of benzene rings is 1. The standard InChI is InChI=1S/C20H24N2O3/c23-18(21-12-4-1-5-13-21)14-8-10-15(11-9-14)22-19(24)16-6-2-3-7-17(16)20(22)25/h2-3,6-7,14-15H,1,4-5,8-13H2. The molecule has 132 valence electrons. The summed E-state index contributed by atoms with van der Waals surface area (Å²) in [5.74, 6) is -0.0112. The van der Waals surface area contributed by atoms with Crippen LogP contribution in [0.5, 0.6) is 0 Å². The number of hydrogen-bond acceptors (Lipinski definition) is 3. The van der Waals surface area contributed by atoms with Gasteiger partial charge in [0, 0.05) is 25.0 Å². The van der Waals surface area contributed by atoms with Crippen molar-refractivity contribution in [3.05, 3.63) is 35.4 Å². The van der Waals surface area contributed by atoms with Gasteiger partial charge < -0.3 is 4.90 Å². The Labute approximate surface area is 148 Å². The number of fused-ring (bicyclic) bond motifs is 1. The Balaban J connectivity index is 1.40. The van der Waals surface area contributed by atoms with Crippen molar-refractivity contribution in [3.63, 3.8) is 0 Å². The lowest BCUT2D eigenvalue weighted by Crippen LogP contribution is -2.45. The summed E-state index contributed by atoms with van der Waals surface area (Å²) >= 11 is 0. The first kappa shape index (κ1) is 16.3. The zero-order valence-corrected chi connectivity index (χ0v) is 14.4. The predicted octanol–water partition coefficient (Wildman–Crippen LogP) is 2.85. The van der Waals surface area contributed by atoms with Crippen molar-refractivity contribution >= 4 is 17.7 Å². The second-order valence-electron chi connectivity index (χ2n) is 7.42. The van der Waals surface area contributed by atoms with Crippen LogP contribution in [0.1, 0.15) is 65.7 Å². The van der Waals surface area contributed by atoms with E-state index in [4.69, 9.17) is 0 Å². The van der Waals surface area contributed by atoms with E-state index in [2.05, 4.69) is 0 Å². The highest BCUT2D eigenvalue weighted by molar-refractivity contribution is 6.21. The third kappa shape index (κ3) is 2.86. The SMILES string of the molecule is O=C(C1CCC(N2C(=O)c3ccccc3C2=O)CC1)N1CCCCC1. The summed E-state index contributed by atoms with van der Waals surface area (Å²) in [6, 6.07) is 6.96. The lowest BCUT2D eigenvalue weighted by atomic mass is 9.84. The monoisotopic (exact) mass is 340 g/mol. The fourth-order valence-electron chi connectivity index (χ4n) is 4.49. The number of amides is 3. The minimum atomic E-state index is -0.175. The molecule has 0 bridgehead atoms. The highest BCUT2D eigenvalue weighted by Gasteiger charge is 2.42. The van der Waals surface area contributed by atoms with Crippen LogP contribution >= 0.6 is 0 Å². The van der Waals surface area contributed by atoms with Crippen LogP contribution in [-0.4, -0.2) is 46.7 Å². The molecule has 0 N–H and O–H groups in total. The van der Waals surface area contributed by atoms with Crippen LogP contribution in [0.2, 0.25) is 0 Å². The fourth-order valence-corrected chi connectivity index (χ4v) is 4.49. The van der Waals surface area contributed by atoms with Crippen molar-refractivity contribution < 1.29 is 14.4 Å². The molecule has 1 saturated heterocycles. The van der Waals surface area contributed by atoms with Gasteiger partial charge >= 0.3 is 0 Å². The van der Waals surface area contributed by atoms with E-state index in [1.54, 1.807) is 24.3 Å². The second-order valence-corrected chi connectivity index (χ2v) is 7.42. The quantitative estimate of drug-likeness (QED) is 0.778. The molecule has 2 heterocycles. The number of carbonyl (C=O) groups excluding carboxylic acids is 3. The van der Waals surface area contributed by atoms with Gasteiger partial charge in [-0.25, -0.2) is 0 Å². The summed E-state index contributed by atoms with van der Waals surface area (Å²) in [7, 11) is 0. The van der Waals surface area contributed by atoms with Crippen LogP contribution in [-0.2, 0) is 4.79 Å². The van der Waals surface area contributed by atoms with Gasteiger partial charge in [0.1, 0.15) is 0 Å². The summed E-state index contributed by atoms with van der Waals surface area (Å²) in [4.78, 5) is 41.3. The lowest BCUT2D eigenvalue weighted by molar-refractivity contribution is -0.137. The van der Waals surface area contributed by atoms with E-state index in [1.807, 2.05) is 4.90 Å². The third-order valence-corrected chi connectivity index (χ3v) is 5.90. The van der Waals surface area contributed by atoms with Gasteiger partial charge in [0.25, 0.3) is 11.8 Å². The third-order valence-electron chi connectivity index (χ3n) is 5.90. The van der Waals surface area contributed by atoms with E-state index >= 15 is 0 Å². The molecule has 1 aliphatic carbocycles. The highest BCUT2D eigenvalue weighted by Crippen LogP contribution is 2.34. The van der Waals surface area contributed by atoms with E-state index in [-0.39, 0.29) is 29.7 Å². The topological polar surface area (TPSA) is 57.7 Å². The molecule has 0 spiro atoms. The van der Waals surface area contributed by atoms with E-state index in [9.17, 15) is 14.4 Å². The molecule has 1 aromatic rings. The second kappa shape index (κ2) is 6.62. The maximum atomic E-state index is 12.7. The fraction of sp³-hybridized carbons (Fsp3) is 0.550. The first-order valence-electron chi connectivity index (χ1n) is 9.42. The summed E-state index contributed by atoms with van der Waals surface area (Å²) in [5, 5.41) is 0. The molecule has 1 aromatic carbocycles. The average molecular weight is 340 g/mol. The molecule has 3 amide bonds. The van der Waals surface area contributed by atoms with Gasteiger partial charge in [0.15, 0.2) is 0 Å². The Morgan fingerprint density at radius 2 is 1.40 bits per heavy atom. The van der Waals surface area contributed by atoms with E-state index in [0.717, 1.165) is 51.6 Å². The molecule has 0 atom stereocenters. The van der Waals surface area contributed by atoms with Gasteiger partial charge in [0.05, 0.1) is 11.1 Å². The maximum Gasteiger partial charge on any atom is 0.261 e. The molecule has 3 aliphatic rings. The Morgan fingerprint density at radius 1 is 0.840 bits per heavy atom. The molecule has 0 unspecified atom stereocenters. The molecule has 5 heteroatoms. The number of nitrogens with zero attached hydrogens (tertiary/aromatic N) is 2. The minimum Gasteiger partial charge on any atom is -0.342 e. The van der Waals surface area contributed by atoms with E-state index < -0.39 is 0 Å². The lowest BCUT2D eigenvalue weighted by Gasteiger charge is -2.36. The largest absolute Gasteiger partial charge is 0.342 e. The molecule has 1 saturated carbocycles. The van der Waals surface area contributed by atoms with Gasteiger partial charge in [-0.2, -0.15) is 0 Å². The van der Waals surface area contributed by atoms with Crippen molar-refractivity contribution in [2.24, 2.45) is 5.92 Å². The van der Waals surface area contributed by atoms with Crippen LogP contribution in [0.15, 0.2) is 24.3 Å². The van der Waals surface area contributed by atoms with Crippen molar-refractivity contribution in [1.82, 2.24) is 9.80 Å². The van der Waals surface area contributed by atoms with Gasteiger partial charge in [0.2, 0.25) is 5.91 Å². The Bertz CT molecular complexity index is 666. The molecular formula is C20H24N2O3. The van der Waals surface area contributed by atoms with Gasteiger partial charge in [-0.05, 0) is 57.1 Å². The van der Waals surface area contributed by atoms with Crippen molar-refractivity contribution in [2.45, 2.75) is 51.0 Å². The summed E-state index contributed by atoms with van der Waals surface area (Å²) < 4.78 is 0. The zero-order chi connectivity index (χ0) is 17.4. The van der Waals surface area contributed by atoms with Crippen LogP contribution in [0.3, 0.4) is 0 Å². The number of rotatable bonds is 2. The summed E-state index contributed by atoms with van der Waals surface area (Å²) in [6.45, 7) is 1.77. The van der Waals surface area contributed by atoms with Crippen LogP contribution < -0.4 is 0 Å². The Kier molecular flexibility index (Phi) is 4.32. The number of likely N-dealkylation sites (tertiary alicyclic amines) is 1. The molecule has 0 aromatic heterocycles. The molecule has 5 nitrogen and oxygen atoms in total. The number of hydrogen-bond donors (Lipinski definition) is 0. The Morgan fingerprint density at radius 3 is 1.96 bits per heavy atom. The van der Waals surface area contributed by atoms with Gasteiger partial charge in [-0.1, -0.05) is 12.1 Å². The van der Waals surface area contributed by atoms with Crippen molar-refractivity contribution in [1.29, 1.82) is 0 Å². The number of carbonyl (C=O) groups is 3. The summed E-state index contributed by atoms with van der Waals surface area (Å²) in [6.07, 6.45) is 6.44. The van der Waals surface area contributed by atoms with Crippen LogP contribution in [0.25, 0.3) is 0 Å². The first-order valence-corrected chi connectivity index (χ1v) is 9.42. The Hall–Kier alpha value is -2.17. The molecule has 4 rings (SSSR count). The highest BCUT2D eigenvalue weighted by atomic mass is 16.2.